The first kappa shape index (κ1) is 10.0. The van der Waals surface area contributed by atoms with E-state index in [0.29, 0.717) is 5.69 Å². The van der Waals surface area contributed by atoms with Crippen molar-refractivity contribution in [2.24, 2.45) is 0 Å². The van der Waals surface area contributed by atoms with Gasteiger partial charge in [0.15, 0.2) is 0 Å². The molecule has 0 unspecified atom stereocenters. The van der Waals surface area contributed by atoms with Crippen LogP contribution in [-0.4, -0.2) is 29.5 Å². The molecular weight excluding hydrogens is 186 g/mol. The molecule has 0 bridgehead atoms. The van der Waals surface area contributed by atoms with Gasteiger partial charge in [-0.15, -0.1) is 0 Å². The molecule has 1 aromatic heterocycles. The Kier molecular flexibility index (Phi) is 3.21. The largest absolute Gasteiger partial charge is 0.397 e. The molecule has 3 nitrogen and oxygen atoms in total. The highest BCUT2D eigenvalue weighted by Gasteiger charge is 2.08. The lowest BCUT2D eigenvalue weighted by Gasteiger charge is -2.08. The Morgan fingerprint density at radius 2 is 2.13 bits per heavy atom. The zero-order chi connectivity index (χ0) is 10.5. The fourth-order valence-electron chi connectivity index (χ4n) is 1.66. The molecule has 0 radical (unpaired) electrons. The molecule has 1 aromatic rings. The average molecular weight is 201 g/mol. The average Bonchev–Trinajstić information content (AvgIpc) is 2.74. The van der Waals surface area contributed by atoms with Crippen LogP contribution < -0.4 is 5.73 Å². The van der Waals surface area contributed by atoms with Gasteiger partial charge in [0.1, 0.15) is 5.69 Å². The van der Waals surface area contributed by atoms with Crippen LogP contribution in [0, 0.1) is 11.8 Å². The predicted molar refractivity (Wildman–Crippen MR) is 61.2 cm³/mol. The predicted octanol–water partition coefficient (Wildman–Crippen LogP) is 1.11. The van der Waals surface area contributed by atoms with Crippen LogP contribution >= 0.6 is 0 Å². The number of pyridine rings is 1. The van der Waals surface area contributed by atoms with Crippen LogP contribution in [-0.2, 0) is 0 Å². The smallest absolute Gasteiger partial charge is 0.113 e. The summed E-state index contributed by atoms with van der Waals surface area (Å²) in [6.07, 6.45) is 4.25. The van der Waals surface area contributed by atoms with Gasteiger partial charge < -0.3 is 5.73 Å². The van der Waals surface area contributed by atoms with E-state index in [0.717, 1.165) is 12.2 Å². The van der Waals surface area contributed by atoms with Gasteiger partial charge in [-0.25, -0.2) is 4.98 Å². The molecule has 0 atom stereocenters. The van der Waals surface area contributed by atoms with E-state index < -0.39 is 0 Å². The zero-order valence-corrected chi connectivity index (χ0v) is 8.74. The Balaban J connectivity index is 1.90. The minimum Gasteiger partial charge on any atom is -0.397 e. The van der Waals surface area contributed by atoms with Crippen molar-refractivity contribution in [3.8, 4) is 11.8 Å². The quantitative estimate of drug-likeness (QED) is 0.692. The van der Waals surface area contributed by atoms with E-state index in [1.54, 1.807) is 6.20 Å². The van der Waals surface area contributed by atoms with Gasteiger partial charge in [-0.2, -0.15) is 0 Å². The zero-order valence-electron chi connectivity index (χ0n) is 8.74. The summed E-state index contributed by atoms with van der Waals surface area (Å²) in [6.45, 7) is 3.22. The molecule has 0 spiro atoms. The number of hydrogen-bond acceptors (Lipinski definition) is 3. The molecule has 1 aliphatic heterocycles. The molecule has 15 heavy (non-hydrogen) atoms. The molecule has 2 heterocycles. The number of likely N-dealkylation sites (tertiary alicyclic amines) is 1. The van der Waals surface area contributed by atoms with Crippen LogP contribution in [0.2, 0.25) is 0 Å². The maximum Gasteiger partial charge on any atom is 0.113 e. The van der Waals surface area contributed by atoms with Gasteiger partial charge in [0, 0.05) is 0 Å². The van der Waals surface area contributed by atoms with Crippen LogP contribution in [0.15, 0.2) is 18.3 Å². The summed E-state index contributed by atoms with van der Waals surface area (Å²) in [6, 6.07) is 3.68. The van der Waals surface area contributed by atoms with Crippen LogP contribution in [0.1, 0.15) is 18.5 Å². The number of nitrogens with zero attached hydrogens (tertiary/aromatic N) is 2. The van der Waals surface area contributed by atoms with E-state index in [2.05, 4.69) is 21.7 Å². The number of rotatable bonds is 1. The Morgan fingerprint density at radius 1 is 1.33 bits per heavy atom. The summed E-state index contributed by atoms with van der Waals surface area (Å²) in [5.41, 5.74) is 7.01. The SMILES string of the molecule is Nc1ccc(C#CCN2CCCC2)nc1. The number of nitrogens with two attached hydrogens (primary N) is 1. The van der Waals surface area contributed by atoms with E-state index in [-0.39, 0.29) is 0 Å². The van der Waals surface area contributed by atoms with Crippen molar-refractivity contribution in [1.29, 1.82) is 0 Å². The summed E-state index contributed by atoms with van der Waals surface area (Å²) in [4.78, 5) is 6.49. The fourth-order valence-corrected chi connectivity index (χ4v) is 1.66. The normalized spacial score (nSPS) is 16.0. The number of aromatic nitrogens is 1. The lowest BCUT2D eigenvalue weighted by Crippen LogP contribution is -2.18. The van der Waals surface area contributed by atoms with Crippen molar-refractivity contribution >= 4 is 5.69 Å². The second-order valence-corrected chi connectivity index (χ2v) is 3.76. The van der Waals surface area contributed by atoms with Gasteiger partial charge in [0.25, 0.3) is 0 Å². The van der Waals surface area contributed by atoms with Gasteiger partial charge in [-0.1, -0.05) is 5.92 Å². The van der Waals surface area contributed by atoms with E-state index in [1.165, 1.54) is 25.9 Å². The van der Waals surface area contributed by atoms with Gasteiger partial charge in [-0.05, 0) is 44.0 Å². The van der Waals surface area contributed by atoms with Crippen LogP contribution in [0.4, 0.5) is 5.69 Å². The summed E-state index contributed by atoms with van der Waals surface area (Å²) in [7, 11) is 0. The van der Waals surface area contributed by atoms with E-state index in [4.69, 9.17) is 5.73 Å². The molecule has 1 saturated heterocycles. The topological polar surface area (TPSA) is 42.1 Å². The summed E-state index contributed by atoms with van der Waals surface area (Å²) < 4.78 is 0. The van der Waals surface area contributed by atoms with Crippen molar-refractivity contribution in [2.45, 2.75) is 12.8 Å². The van der Waals surface area contributed by atoms with E-state index >= 15 is 0 Å². The molecule has 0 aromatic carbocycles. The van der Waals surface area contributed by atoms with E-state index in [1.807, 2.05) is 12.1 Å². The van der Waals surface area contributed by atoms with Gasteiger partial charge in [0.2, 0.25) is 0 Å². The third kappa shape index (κ3) is 2.97. The van der Waals surface area contributed by atoms with Crippen molar-refractivity contribution in [1.82, 2.24) is 9.88 Å². The minimum atomic E-state index is 0.681. The molecule has 2 N–H and O–H groups in total. The van der Waals surface area contributed by atoms with Crippen LogP contribution in [0.3, 0.4) is 0 Å². The lowest BCUT2D eigenvalue weighted by molar-refractivity contribution is 0.383. The second kappa shape index (κ2) is 4.81. The molecule has 0 saturated carbocycles. The standard InChI is InChI=1S/C12H15N3/c13-11-5-6-12(14-10-11)4-3-9-15-7-1-2-8-15/h5-6,10H,1-2,7-9,13H2. The van der Waals surface area contributed by atoms with Crippen LogP contribution in [0.25, 0.3) is 0 Å². The molecule has 78 valence electrons. The second-order valence-electron chi connectivity index (χ2n) is 3.76. The Bertz CT molecular complexity index is 366. The summed E-state index contributed by atoms with van der Waals surface area (Å²) in [5.74, 6) is 6.18. The number of anilines is 1. The van der Waals surface area contributed by atoms with E-state index in [9.17, 15) is 0 Å². The molecule has 0 amide bonds. The fraction of sp³-hybridized carbons (Fsp3) is 0.417. The van der Waals surface area contributed by atoms with Gasteiger partial charge in [-0.3, -0.25) is 4.90 Å². The Morgan fingerprint density at radius 3 is 2.80 bits per heavy atom. The highest BCUT2D eigenvalue weighted by Crippen LogP contribution is 2.05. The summed E-state index contributed by atoms with van der Waals surface area (Å²) >= 11 is 0. The van der Waals surface area contributed by atoms with Gasteiger partial charge >= 0.3 is 0 Å². The monoisotopic (exact) mass is 201 g/mol. The third-order valence-corrected chi connectivity index (χ3v) is 2.50. The minimum absolute atomic E-state index is 0.681. The van der Waals surface area contributed by atoms with Gasteiger partial charge in [0.05, 0.1) is 18.4 Å². The maximum atomic E-state index is 5.54. The first-order valence-corrected chi connectivity index (χ1v) is 5.27. The van der Waals surface area contributed by atoms with Crippen molar-refractivity contribution < 1.29 is 0 Å². The Labute approximate surface area is 90.3 Å². The first-order valence-electron chi connectivity index (χ1n) is 5.27. The highest BCUT2D eigenvalue weighted by atomic mass is 15.1. The van der Waals surface area contributed by atoms with Crippen molar-refractivity contribution in [3.05, 3.63) is 24.0 Å². The highest BCUT2D eigenvalue weighted by molar-refractivity contribution is 5.39. The molecule has 1 aliphatic rings. The Hall–Kier alpha value is -1.53. The maximum absolute atomic E-state index is 5.54. The third-order valence-electron chi connectivity index (χ3n) is 2.50. The molecule has 0 aliphatic carbocycles. The number of nitrogen functional groups attached to an aromatic ring is 1. The van der Waals surface area contributed by atoms with Crippen LogP contribution in [0.5, 0.6) is 0 Å². The molecule has 2 rings (SSSR count). The lowest BCUT2D eigenvalue weighted by atomic mass is 10.3. The first-order chi connectivity index (χ1) is 7.34. The summed E-state index contributed by atoms with van der Waals surface area (Å²) in [5, 5.41) is 0. The molecule has 3 heteroatoms. The number of hydrogen-bond donors (Lipinski definition) is 1. The molecular formula is C12H15N3. The van der Waals surface area contributed by atoms with Crippen molar-refractivity contribution in [3.63, 3.8) is 0 Å². The van der Waals surface area contributed by atoms with Crippen molar-refractivity contribution in [2.75, 3.05) is 25.4 Å². The molecule has 1 fully saturated rings.